The molecule has 0 aromatic carbocycles. The molecule has 2 N–H and O–H groups in total. The van der Waals surface area contributed by atoms with Crippen LogP contribution in [0.1, 0.15) is 44.0 Å². The van der Waals surface area contributed by atoms with Gasteiger partial charge in [0, 0.05) is 20.1 Å². The number of sulfonamides is 1. The van der Waals surface area contributed by atoms with Crippen LogP contribution in [0.15, 0.2) is 4.90 Å². The molecule has 1 saturated carbocycles. The van der Waals surface area contributed by atoms with Gasteiger partial charge in [0.1, 0.15) is 4.90 Å². The van der Waals surface area contributed by atoms with Gasteiger partial charge in [0.25, 0.3) is 0 Å². The van der Waals surface area contributed by atoms with Crippen molar-refractivity contribution >= 4 is 10.0 Å². The summed E-state index contributed by atoms with van der Waals surface area (Å²) in [6.07, 6.45) is 4.70. The number of aryl methyl sites for hydroxylation is 1. The van der Waals surface area contributed by atoms with Crippen LogP contribution >= 0.6 is 0 Å². The molecule has 120 valence electrons. The second-order valence-corrected chi connectivity index (χ2v) is 7.82. The highest BCUT2D eigenvalue weighted by molar-refractivity contribution is 7.89. The van der Waals surface area contributed by atoms with E-state index in [4.69, 9.17) is 0 Å². The number of aromatic amines is 1. The van der Waals surface area contributed by atoms with Crippen molar-refractivity contribution < 1.29 is 8.42 Å². The average Bonchev–Trinajstić information content (AvgIpc) is 3.06. The predicted octanol–water partition coefficient (Wildman–Crippen LogP) is 1.64. The van der Waals surface area contributed by atoms with Crippen molar-refractivity contribution in [3.05, 3.63) is 11.4 Å². The summed E-state index contributed by atoms with van der Waals surface area (Å²) in [5.74, 6) is 0.495. The third-order valence-electron chi connectivity index (χ3n) is 4.16. The molecule has 21 heavy (non-hydrogen) atoms. The maximum Gasteiger partial charge on any atom is 0.246 e. The molecular formula is C14H26N4O2S. The third kappa shape index (κ3) is 3.64. The summed E-state index contributed by atoms with van der Waals surface area (Å²) in [6, 6.07) is 0. The highest BCUT2D eigenvalue weighted by atomic mass is 32.2. The quantitative estimate of drug-likeness (QED) is 0.802. The lowest BCUT2D eigenvalue weighted by atomic mass is 10.1. The van der Waals surface area contributed by atoms with E-state index in [1.54, 1.807) is 14.0 Å². The van der Waals surface area contributed by atoms with Crippen LogP contribution in [-0.4, -0.2) is 43.1 Å². The Kier molecular flexibility index (Phi) is 5.40. The second-order valence-electron chi connectivity index (χ2n) is 5.84. The molecule has 0 radical (unpaired) electrons. The molecule has 7 heteroatoms. The molecule has 0 amide bonds. The van der Waals surface area contributed by atoms with Crippen LogP contribution in [0.5, 0.6) is 0 Å². The van der Waals surface area contributed by atoms with Gasteiger partial charge in [0.15, 0.2) is 0 Å². The summed E-state index contributed by atoms with van der Waals surface area (Å²) in [7, 11) is -1.80. The summed E-state index contributed by atoms with van der Waals surface area (Å²) < 4.78 is 27.1. The van der Waals surface area contributed by atoms with Crippen molar-refractivity contribution in [2.24, 2.45) is 5.92 Å². The van der Waals surface area contributed by atoms with E-state index in [0.29, 0.717) is 35.3 Å². The van der Waals surface area contributed by atoms with E-state index in [-0.39, 0.29) is 0 Å². The van der Waals surface area contributed by atoms with Crippen LogP contribution in [0.4, 0.5) is 0 Å². The van der Waals surface area contributed by atoms with Gasteiger partial charge in [-0.25, -0.2) is 12.7 Å². The number of aromatic nitrogens is 2. The Balaban J connectivity index is 2.19. The van der Waals surface area contributed by atoms with E-state index >= 15 is 0 Å². The first kappa shape index (κ1) is 16.5. The van der Waals surface area contributed by atoms with Gasteiger partial charge in [0.2, 0.25) is 10.0 Å². The first-order chi connectivity index (χ1) is 9.96. The molecule has 0 bridgehead atoms. The van der Waals surface area contributed by atoms with Crippen LogP contribution in [0.3, 0.4) is 0 Å². The number of H-pyrrole nitrogens is 1. The summed E-state index contributed by atoms with van der Waals surface area (Å²) in [5.41, 5.74) is 1.19. The lowest BCUT2D eigenvalue weighted by Crippen LogP contribution is -2.32. The number of rotatable bonds is 7. The van der Waals surface area contributed by atoms with Crippen molar-refractivity contribution in [2.75, 3.05) is 20.1 Å². The molecule has 6 nitrogen and oxygen atoms in total. The second kappa shape index (κ2) is 6.89. The Morgan fingerprint density at radius 3 is 2.67 bits per heavy atom. The lowest BCUT2D eigenvalue weighted by molar-refractivity contribution is 0.386. The Morgan fingerprint density at radius 2 is 2.05 bits per heavy atom. The summed E-state index contributed by atoms with van der Waals surface area (Å²) >= 11 is 0. The minimum atomic E-state index is -3.48. The first-order valence-electron chi connectivity index (χ1n) is 7.67. The third-order valence-corrected chi connectivity index (χ3v) is 6.19. The normalized spacial score (nSPS) is 17.0. The molecule has 0 spiro atoms. The molecule has 1 aliphatic rings. The molecule has 1 aromatic heterocycles. The molecule has 0 atom stereocenters. The molecule has 1 fully saturated rings. The van der Waals surface area contributed by atoms with Crippen molar-refractivity contribution in [2.45, 2.75) is 51.0 Å². The van der Waals surface area contributed by atoms with E-state index in [9.17, 15) is 8.42 Å². The summed E-state index contributed by atoms with van der Waals surface area (Å²) in [4.78, 5) is 0.337. The zero-order chi connectivity index (χ0) is 15.5. The summed E-state index contributed by atoms with van der Waals surface area (Å²) in [5, 5.41) is 10.1. The zero-order valence-corrected chi connectivity index (χ0v) is 14.0. The van der Waals surface area contributed by atoms with E-state index in [1.807, 2.05) is 6.92 Å². The monoisotopic (exact) mass is 314 g/mol. The maximum absolute atomic E-state index is 12.8. The maximum atomic E-state index is 12.8. The van der Waals surface area contributed by atoms with Crippen molar-refractivity contribution in [3.63, 3.8) is 0 Å². The average molecular weight is 314 g/mol. The Morgan fingerprint density at radius 1 is 1.38 bits per heavy atom. The van der Waals surface area contributed by atoms with Gasteiger partial charge in [-0.1, -0.05) is 19.8 Å². The Labute approximate surface area is 127 Å². The summed E-state index contributed by atoms with van der Waals surface area (Å²) in [6.45, 7) is 5.60. The van der Waals surface area contributed by atoms with Crippen LogP contribution in [0.25, 0.3) is 0 Å². The lowest BCUT2D eigenvalue weighted by Gasteiger charge is -2.21. The van der Waals surface area contributed by atoms with Gasteiger partial charge in [-0.3, -0.25) is 5.10 Å². The van der Waals surface area contributed by atoms with Crippen molar-refractivity contribution in [3.8, 4) is 0 Å². The molecule has 0 aliphatic heterocycles. The van der Waals surface area contributed by atoms with E-state index in [1.165, 1.54) is 17.1 Å². The fourth-order valence-corrected chi connectivity index (χ4v) is 4.55. The number of hydrogen-bond donors (Lipinski definition) is 2. The zero-order valence-electron chi connectivity index (χ0n) is 13.1. The molecule has 0 unspecified atom stereocenters. The largest absolute Gasteiger partial charge is 0.311 e. The fraction of sp³-hybridized carbons (Fsp3) is 0.786. The van der Waals surface area contributed by atoms with Gasteiger partial charge in [0.05, 0.1) is 11.4 Å². The molecular weight excluding hydrogens is 288 g/mol. The Hall–Kier alpha value is -0.920. The standard InChI is InChI=1S/C14H26N4O2S/c1-4-15-9-13-14(11(2)16-17-13)21(19,20)18(3)10-12-7-5-6-8-12/h12,15H,4-10H2,1-3H3,(H,16,17). The number of nitrogens with one attached hydrogen (secondary N) is 2. The molecule has 1 aromatic rings. The Bertz CT molecular complexity index is 562. The SMILES string of the molecule is CCNCc1n[nH]c(C)c1S(=O)(=O)N(C)CC1CCCC1. The van der Waals surface area contributed by atoms with Crippen molar-refractivity contribution in [1.29, 1.82) is 0 Å². The predicted molar refractivity (Wildman–Crippen MR) is 82.5 cm³/mol. The van der Waals surface area contributed by atoms with Crippen molar-refractivity contribution in [1.82, 2.24) is 19.8 Å². The number of nitrogens with zero attached hydrogens (tertiary/aromatic N) is 2. The van der Waals surface area contributed by atoms with Crippen LogP contribution < -0.4 is 5.32 Å². The first-order valence-corrected chi connectivity index (χ1v) is 9.11. The van der Waals surface area contributed by atoms with Gasteiger partial charge >= 0.3 is 0 Å². The van der Waals surface area contributed by atoms with Gasteiger partial charge < -0.3 is 5.32 Å². The minimum Gasteiger partial charge on any atom is -0.311 e. The smallest absolute Gasteiger partial charge is 0.246 e. The van der Waals surface area contributed by atoms with Gasteiger partial charge in [-0.05, 0) is 32.2 Å². The molecule has 1 aliphatic carbocycles. The van der Waals surface area contributed by atoms with Crippen LogP contribution in [0.2, 0.25) is 0 Å². The molecule has 1 heterocycles. The molecule has 2 rings (SSSR count). The van der Waals surface area contributed by atoms with E-state index in [2.05, 4.69) is 15.5 Å². The highest BCUT2D eigenvalue weighted by Gasteiger charge is 2.30. The number of hydrogen-bond acceptors (Lipinski definition) is 4. The van der Waals surface area contributed by atoms with E-state index < -0.39 is 10.0 Å². The van der Waals surface area contributed by atoms with E-state index in [0.717, 1.165) is 19.4 Å². The van der Waals surface area contributed by atoms with Gasteiger partial charge in [-0.15, -0.1) is 0 Å². The topological polar surface area (TPSA) is 78.1 Å². The highest BCUT2D eigenvalue weighted by Crippen LogP contribution is 2.28. The van der Waals surface area contributed by atoms with Crippen LogP contribution in [-0.2, 0) is 16.6 Å². The van der Waals surface area contributed by atoms with Gasteiger partial charge in [-0.2, -0.15) is 5.10 Å². The molecule has 0 saturated heterocycles. The fourth-order valence-electron chi connectivity index (χ4n) is 2.99. The minimum absolute atomic E-state index is 0.337. The van der Waals surface area contributed by atoms with Crippen LogP contribution in [0, 0.1) is 12.8 Å².